The van der Waals surface area contributed by atoms with Gasteiger partial charge in [0.1, 0.15) is 6.10 Å². The van der Waals surface area contributed by atoms with Crippen LogP contribution in [0.5, 0.6) is 0 Å². The lowest BCUT2D eigenvalue weighted by Crippen LogP contribution is -2.19. The Balaban J connectivity index is 0.000000231. The first kappa shape index (κ1) is 44.1. The molecule has 10 nitrogen and oxygen atoms in total. The topological polar surface area (TPSA) is 167 Å². The second kappa shape index (κ2) is 22.2. The van der Waals surface area contributed by atoms with E-state index < -0.39 is 23.9 Å². The molecule has 0 heterocycles. The van der Waals surface area contributed by atoms with E-state index in [0.717, 1.165) is 72.4 Å². The van der Waals surface area contributed by atoms with Crippen molar-refractivity contribution in [1.29, 1.82) is 0 Å². The number of unbranched alkanes of at least 4 members (excludes halogenated alkanes) is 1. The summed E-state index contributed by atoms with van der Waals surface area (Å²) >= 11 is 0. The van der Waals surface area contributed by atoms with Crippen molar-refractivity contribution in [3.05, 3.63) is 148 Å². The van der Waals surface area contributed by atoms with Crippen LogP contribution in [0.4, 0.5) is 5.69 Å². The van der Waals surface area contributed by atoms with Crippen LogP contribution >= 0.6 is 0 Å². The van der Waals surface area contributed by atoms with Crippen molar-refractivity contribution in [2.24, 2.45) is 0 Å². The van der Waals surface area contributed by atoms with Crippen LogP contribution in [0.2, 0.25) is 0 Å². The Kier molecular flexibility index (Phi) is 17.5. The maximum atomic E-state index is 12.4. The number of nitrogens with one attached hydrogen (secondary N) is 1. The molecule has 0 aliphatic carbocycles. The predicted molar refractivity (Wildman–Crippen MR) is 219 cm³/mol. The van der Waals surface area contributed by atoms with Crippen LogP contribution in [-0.2, 0) is 11.2 Å². The predicted octanol–water partition coefficient (Wildman–Crippen LogP) is 10.6. The van der Waals surface area contributed by atoms with Gasteiger partial charge in [0, 0.05) is 11.3 Å². The molecule has 5 aromatic rings. The number of aryl methyl sites for hydroxylation is 3. The Morgan fingerprint density at radius 1 is 0.607 bits per heavy atom. The standard InChI is InChI=1S/C19H28O4.C15H13NO3.C12H10O2/c1-4-7-10-17(9-6-3)23-19(22)16-12-14(8-5-2)11-15(13-16)18(20)21;1-10-2-8-13(9-3-10)16-14(17)11-4-6-12(7-5-11)15(18)19;1-8-6-9-4-2-3-5-10(9)7-11(8)12(13)14/h11-13,17H,4-10H2,1-3H3,(H,20,21);2-9H,1H3,(H,16,17)(H,18,19);2-7H,1H3,(H,13,14). The quantitative estimate of drug-likeness (QED) is 0.0805. The number of benzene rings is 5. The zero-order chi connectivity index (χ0) is 41.2. The van der Waals surface area contributed by atoms with E-state index in [0.29, 0.717) is 22.4 Å². The number of anilines is 1. The molecular weight excluding hydrogens is 711 g/mol. The van der Waals surface area contributed by atoms with Crippen molar-refractivity contribution in [1.82, 2.24) is 0 Å². The maximum absolute atomic E-state index is 12.4. The molecule has 0 aliphatic rings. The highest BCUT2D eigenvalue weighted by molar-refractivity contribution is 6.04. The number of fused-ring (bicyclic) bond motifs is 1. The first-order valence-electron chi connectivity index (χ1n) is 18.8. The van der Waals surface area contributed by atoms with Crippen molar-refractivity contribution in [3.8, 4) is 0 Å². The molecule has 294 valence electrons. The summed E-state index contributed by atoms with van der Waals surface area (Å²) in [7, 11) is 0. The molecule has 10 heteroatoms. The lowest BCUT2D eigenvalue weighted by atomic mass is 10.0. The molecule has 1 unspecified atom stereocenters. The SMILES string of the molecule is CCCCC(CCC)OC(=O)c1cc(CCC)cc(C(=O)O)c1.Cc1cc2ccccc2cc1C(=O)O.Cc1ccc(NC(=O)c2ccc(C(=O)O)cc2)cc1. The van der Waals surface area contributed by atoms with Crippen LogP contribution in [0, 0.1) is 13.8 Å². The van der Waals surface area contributed by atoms with Gasteiger partial charge in [0.15, 0.2) is 0 Å². The number of carbonyl (C=O) groups excluding carboxylic acids is 2. The van der Waals surface area contributed by atoms with E-state index in [4.69, 9.17) is 14.9 Å². The van der Waals surface area contributed by atoms with Gasteiger partial charge in [-0.05, 0) is 116 Å². The smallest absolute Gasteiger partial charge is 0.338 e. The Morgan fingerprint density at radius 2 is 1.20 bits per heavy atom. The number of hydrogen-bond acceptors (Lipinski definition) is 6. The van der Waals surface area contributed by atoms with Gasteiger partial charge >= 0.3 is 23.9 Å². The number of hydrogen-bond donors (Lipinski definition) is 4. The highest BCUT2D eigenvalue weighted by Gasteiger charge is 2.18. The Morgan fingerprint density at radius 3 is 1.75 bits per heavy atom. The minimum atomic E-state index is -1.02. The van der Waals surface area contributed by atoms with Gasteiger partial charge in [-0.15, -0.1) is 0 Å². The number of carboxylic acids is 3. The summed E-state index contributed by atoms with van der Waals surface area (Å²) in [4.78, 5) is 57.1. The first-order valence-corrected chi connectivity index (χ1v) is 18.8. The van der Waals surface area contributed by atoms with Gasteiger partial charge in [0.2, 0.25) is 0 Å². The third-order valence-electron chi connectivity index (χ3n) is 8.80. The second-order valence-electron chi connectivity index (χ2n) is 13.5. The van der Waals surface area contributed by atoms with E-state index in [1.165, 1.54) is 30.3 Å². The van der Waals surface area contributed by atoms with Crippen molar-refractivity contribution < 1.29 is 44.0 Å². The van der Waals surface area contributed by atoms with Gasteiger partial charge < -0.3 is 25.4 Å². The number of carbonyl (C=O) groups is 5. The molecule has 0 spiro atoms. The van der Waals surface area contributed by atoms with E-state index in [1.807, 2.05) is 75.4 Å². The molecule has 0 saturated heterocycles. The molecule has 0 aromatic heterocycles. The Labute approximate surface area is 328 Å². The molecule has 4 N–H and O–H groups in total. The maximum Gasteiger partial charge on any atom is 0.338 e. The molecule has 56 heavy (non-hydrogen) atoms. The summed E-state index contributed by atoms with van der Waals surface area (Å²) in [5.41, 5.74) is 4.92. The van der Waals surface area contributed by atoms with E-state index in [2.05, 4.69) is 19.2 Å². The molecule has 0 radical (unpaired) electrons. The molecule has 0 aliphatic heterocycles. The van der Waals surface area contributed by atoms with E-state index in [1.54, 1.807) is 18.2 Å². The summed E-state index contributed by atoms with van der Waals surface area (Å²) in [5, 5.41) is 31.7. The number of esters is 1. The third kappa shape index (κ3) is 13.8. The van der Waals surface area contributed by atoms with E-state index in [-0.39, 0.29) is 23.1 Å². The minimum absolute atomic E-state index is 0.0874. The van der Waals surface area contributed by atoms with Gasteiger partial charge in [0.05, 0.1) is 22.3 Å². The van der Waals surface area contributed by atoms with Crippen molar-refractivity contribution >= 4 is 46.2 Å². The summed E-state index contributed by atoms with van der Waals surface area (Å²) in [5.74, 6) is -3.58. The number of ether oxygens (including phenoxy) is 1. The summed E-state index contributed by atoms with van der Waals surface area (Å²) in [6.45, 7) is 9.98. The third-order valence-corrected chi connectivity index (χ3v) is 8.80. The fraction of sp³-hybridized carbons (Fsp3) is 0.283. The van der Waals surface area contributed by atoms with Crippen LogP contribution in [0.25, 0.3) is 10.8 Å². The highest BCUT2D eigenvalue weighted by Crippen LogP contribution is 2.20. The zero-order valence-electron chi connectivity index (χ0n) is 32.6. The van der Waals surface area contributed by atoms with Gasteiger partial charge in [-0.25, -0.2) is 19.2 Å². The monoisotopic (exact) mass is 761 g/mol. The molecule has 1 atom stereocenters. The fourth-order valence-electron chi connectivity index (χ4n) is 5.79. The Bertz CT molecular complexity index is 2100. The summed E-state index contributed by atoms with van der Waals surface area (Å²) in [6.07, 6.45) is 6.29. The lowest BCUT2D eigenvalue weighted by Gasteiger charge is -2.17. The van der Waals surface area contributed by atoms with Crippen molar-refractivity contribution in [3.63, 3.8) is 0 Å². The number of amides is 1. The summed E-state index contributed by atoms with van der Waals surface area (Å²) in [6, 6.07) is 29.4. The minimum Gasteiger partial charge on any atom is -0.478 e. The molecule has 0 saturated carbocycles. The average Bonchev–Trinajstić information content (AvgIpc) is 3.18. The normalized spacial score (nSPS) is 10.9. The number of carboxylic acid groups (broad SMARTS) is 3. The zero-order valence-corrected chi connectivity index (χ0v) is 32.6. The molecular formula is C46H51NO9. The molecule has 5 aromatic carbocycles. The van der Waals surface area contributed by atoms with E-state index >= 15 is 0 Å². The van der Waals surface area contributed by atoms with Crippen molar-refractivity contribution in [2.75, 3.05) is 5.32 Å². The van der Waals surface area contributed by atoms with Gasteiger partial charge in [0.25, 0.3) is 5.91 Å². The second-order valence-corrected chi connectivity index (χ2v) is 13.5. The van der Waals surface area contributed by atoms with Gasteiger partial charge in [-0.3, -0.25) is 4.79 Å². The number of aromatic carboxylic acids is 3. The van der Waals surface area contributed by atoms with Crippen LogP contribution in [0.3, 0.4) is 0 Å². The summed E-state index contributed by atoms with van der Waals surface area (Å²) < 4.78 is 5.62. The Hall–Kier alpha value is -6.29. The molecule has 0 fully saturated rings. The first-order chi connectivity index (χ1) is 26.8. The van der Waals surface area contributed by atoms with E-state index in [9.17, 15) is 29.1 Å². The van der Waals surface area contributed by atoms with Crippen LogP contribution in [0.1, 0.15) is 128 Å². The van der Waals surface area contributed by atoms with Gasteiger partial charge in [-0.2, -0.15) is 0 Å². The molecule has 1 amide bonds. The fourth-order valence-corrected chi connectivity index (χ4v) is 5.79. The average molecular weight is 762 g/mol. The van der Waals surface area contributed by atoms with Crippen LogP contribution < -0.4 is 5.32 Å². The lowest BCUT2D eigenvalue weighted by molar-refractivity contribution is 0.0254. The van der Waals surface area contributed by atoms with Crippen LogP contribution in [0.15, 0.2) is 103 Å². The largest absolute Gasteiger partial charge is 0.478 e. The van der Waals surface area contributed by atoms with Crippen LogP contribution in [-0.4, -0.2) is 51.2 Å². The number of rotatable bonds is 14. The molecule has 0 bridgehead atoms. The van der Waals surface area contributed by atoms with Gasteiger partial charge in [-0.1, -0.05) is 94.5 Å². The molecule has 5 rings (SSSR count). The van der Waals surface area contributed by atoms with Crippen molar-refractivity contribution in [2.45, 2.75) is 85.7 Å². The highest BCUT2D eigenvalue weighted by atomic mass is 16.5.